The van der Waals surface area contributed by atoms with Crippen molar-refractivity contribution in [1.29, 1.82) is 0 Å². The van der Waals surface area contributed by atoms with E-state index in [1.165, 1.54) is 0 Å². The van der Waals surface area contributed by atoms with Crippen LogP contribution in [0.4, 0.5) is 14.5 Å². The van der Waals surface area contributed by atoms with Gasteiger partial charge in [0.05, 0.1) is 5.69 Å². The zero-order valence-electron chi connectivity index (χ0n) is 16.9. The van der Waals surface area contributed by atoms with Gasteiger partial charge in [0.2, 0.25) is 0 Å². The van der Waals surface area contributed by atoms with Gasteiger partial charge in [-0.2, -0.15) is 8.78 Å². The molecule has 0 spiro atoms. The smallest absolute Gasteiger partial charge is 0.387 e. The Morgan fingerprint density at radius 1 is 1.27 bits per heavy atom. The van der Waals surface area contributed by atoms with Crippen LogP contribution < -0.4 is 20.3 Å². The normalized spacial score (nSPS) is 16.3. The predicted molar refractivity (Wildman–Crippen MR) is 126 cm³/mol. The lowest BCUT2D eigenvalue weighted by atomic mass is 10.2. The molecule has 0 amide bonds. The number of aromatic nitrogens is 1. The van der Waals surface area contributed by atoms with Crippen LogP contribution in [-0.4, -0.2) is 49.8 Å². The first-order chi connectivity index (χ1) is 14.2. The van der Waals surface area contributed by atoms with Gasteiger partial charge in [0.1, 0.15) is 5.75 Å². The number of nitrogens with zero attached hydrogens (tertiary/aromatic N) is 3. The van der Waals surface area contributed by atoms with Crippen LogP contribution in [-0.2, 0) is 6.42 Å². The first-order valence-corrected chi connectivity index (χ1v) is 9.89. The minimum atomic E-state index is -2.83. The molecule has 164 valence electrons. The standard InChI is InChI=1S/C21H27F2N5O.HI/c1-2-24-21(26-13-10-16-7-5-6-12-25-16)27-17-11-14-28(15-17)18-8-3-4-9-19(18)29-20(22)23;/h3-9,12,17,20H,2,10-11,13-15H2,1H3,(H2,24,26,27);1H. The summed E-state index contributed by atoms with van der Waals surface area (Å²) in [5.74, 6) is 0.964. The summed E-state index contributed by atoms with van der Waals surface area (Å²) in [4.78, 5) is 11.0. The molecule has 30 heavy (non-hydrogen) atoms. The molecule has 1 atom stereocenters. The Bertz CT molecular complexity index is 794. The van der Waals surface area contributed by atoms with Crippen LogP contribution in [0.15, 0.2) is 53.7 Å². The van der Waals surface area contributed by atoms with E-state index in [2.05, 4.69) is 30.2 Å². The van der Waals surface area contributed by atoms with Gasteiger partial charge in [-0.1, -0.05) is 18.2 Å². The topological polar surface area (TPSA) is 61.8 Å². The van der Waals surface area contributed by atoms with Crippen LogP contribution >= 0.6 is 24.0 Å². The Balaban J connectivity index is 0.00000320. The van der Waals surface area contributed by atoms with Crippen LogP contribution in [0, 0.1) is 0 Å². The van der Waals surface area contributed by atoms with Crippen molar-refractivity contribution in [2.45, 2.75) is 32.4 Å². The first-order valence-electron chi connectivity index (χ1n) is 9.89. The third kappa shape index (κ3) is 7.26. The van der Waals surface area contributed by atoms with E-state index >= 15 is 0 Å². The Kier molecular flexibility index (Phi) is 10.0. The number of nitrogens with one attached hydrogen (secondary N) is 2. The van der Waals surface area contributed by atoms with Crippen molar-refractivity contribution in [1.82, 2.24) is 15.6 Å². The number of pyridine rings is 1. The fourth-order valence-corrected chi connectivity index (χ4v) is 3.35. The summed E-state index contributed by atoms with van der Waals surface area (Å²) >= 11 is 0. The van der Waals surface area contributed by atoms with Crippen LogP contribution in [0.3, 0.4) is 0 Å². The van der Waals surface area contributed by atoms with Crippen molar-refractivity contribution in [2.24, 2.45) is 4.99 Å². The van der Waals surface area contributed by atoms with Crippen molar-refractivity contribution < 1.29 is 13.5 Å². The zero-order chi connectivity index (χ0) is 20.5. The highest BCUT2D eigenvalue weighted by molar-refractivity contribution is 14.0. The second-order valence-corrected chi connectivity index (χ2v) is 6.75. The lowest BCUT2D eigenvalue weighted by Crippen LogP contribution is -2.44. The molecule has 0 saturated carbocycles. The fraction of sp³-hybridized carbons (Fsp3) is 0.429. The first kappa shape index (κ1) is 24.1. The highest BCUT2D eigenvalue weighted by Crippen LogP contribution is 2.31. The van der Waals surface area contributed by atoms with Gasteiger partial charge >= 0.3 is 6.61 Å². The maximum absolute atomic E-state index is 12.7. The van der Waals surface area contributed by atoms with Crippen molar-refractivity contribution in [2.75, 3.05) is 31.1 Å². The molecule has 2 aromatic rings. The Morgan fingerprint density at radius 2 is 2.07 bits per heavy atom. The van der Waals surface area contributed by atoms with E-state index in [1.807, 2.05) is 37.3 Å². The van der Waals surface area contributed by atoms with E-state index in [1.54, 1.807) is 18.3 Å². The predicted octanol–water partition coefficient (Wildman–Crippen LogP) is 3.68. The van der Waals surface area contributed by atoms with E-state index in [0.29, 0.717) is 18.8 Å². The summed E-state index contributed by atoms with van der Waals surface area (Å²) in [6.07, 6.45) is 3.44. The quantitative estimate of drug-likeness (QED) is 0.309. The van der Waals surface area contributed by atoms with Crippen LogP contribution in [0.5, 0.6) is 5.75 Å². The summed E-state index contributed by atoms with van der Waals surface area (Å²) in [7, 11) is 0. The number of halogens is 3. The van der Waals surface area contributed by atoms with E-state index in [4.69, 9.17) is 0 Å². The minimum Gasteiger partial charge on any atom is -0.433 e. The molecule has 1 aromatic carbocycles. The second-order valence-electron chi connectivity index (χ2n) is 6.75. The van der Waals surface area contributed by atoms with Crippen LogP contribution in [0.1, 0.15) is 19.0 Å². The van der Waals surface area contributed by atoms with Gasteiger partial charge in [-0.25, -0.2) is 0 Å². The van der Waals surface area contributed by atoms with Gasteiger partial charge in [-0.05, 0) is 37.6 Å². The van der Waals surface area contributed by atoms with Crippen molar-refractivity contribution >= 4 is 35.6 Å². The number of para-hydroxylation sites is 2. The minimum absolute atomic E-state index is 0. The molecule has 9 heteroatoms. The molecule has 1 aromatic heterocycles. The largest absolute Gasteiger partial charge is 0.433 e. The molecule has 1 aliphatic heterocycles. The maximum Gasteiger partial charge on any atom is 0.387 e. The Labute approximate surface area is 193 Å². The summed E-state index contributed by atoms with van der Waals surface area (Å²) in [6, 6.07) is 12.9. The van der Waals surface area contributed by atoms with Crippen LogP contribution in [0.2, 0.25) is 0 Å². The Hall–Kier alpha value is -2.17. The lowest BCUT2D eigenvalue weighted by Gasteiger charge is -2.22. The lowest BCUT2D eigenvalue weighted by molar-refractivity contribution is -0.0495. The number of rotatable bonds is 8. The molecule has 3 rings (SSSR count). The third-order valence-corrected chi connectivity index (χ3v) is 4.66. The molecule has 0 aliphatic carbocycles. The van der Waals surface area contributed by atoms with Gasteiger partial charge in [0, 0.05) is 50.5 Å². The van der Waals surface area contributed by atoms with E-state index in [0.717, 1.165) is 37.6 Å². The molecule has 0 radical (unpaired) electrons. The molecular formula is C21H28F2IN5O. The van der Waals surface area contributed by atoms with Gasteiger partial charge in [-0.15, -0.1) is 24.0 Å². The molecule has 1 fully saturated rings. The van der Waals surface area contributed by atoms with Crippen molar-refractivity contribution in [3.63, 3.8) is 0 Å². The second kappa shape index (κ2) is 12.5. The molecule has 2 N–H and O–H groups in total. The molecule has 0 bridgehead atoms. The number of guanidine groups is 1. The summed E-state index contributed by atoms with van der Waals surface area (Å²) < 4.78 is 30.0. The fourth-order valence-electron chi connectivity index (χ4n) is 3.35. The monoisotopic (exact) mass is 531 g/mol. The number of hydrogen-bond donors (Lipinski definition) is 2. The highest BCUT2D eigenvalue weighted by Gasteiger charge is 2.26. The molecule has 1 saturated heterocycles. The van der Waals surface area contributed by atoms with Gasteiger partial charge in [0.25, 0.3) is 0 Å². The van der Waals surface area contributed by atoms with E-state index < -0.39 is 6.61 Å². The average molecular weight is 531 g/mol. The van der Waals surface area contributed by atoms with Gasteiger partial charge in [-0.3, -0.25) is 9.98 Å². The van der Waals surface area contributed by atoms with E-state index in [9.17, 15) is 8.78 Å². The van der Waals surface area contributed by atoms with E-state index in [-0.39, 0.29) is 35.8 Å². The number of benzene rings is 1. The SMILES string of the molecule is CCNC(=NCCc1ccccn1)NC1CCN(c2ccccc2OC(F)F)C1.I. The van der Waals surface area contributed by atoms with Gasteiger partial charge < -0.3 is 20.3 Å². The number of hydrogen-bond acceptors (Lipinski definition) is 4. The van der Waals surface area contributed by atoms with Gasteiger partial charge in [0.15, 0.2) is 5.96 Å². The number of ether oxygens (including phenoxy) is 1. The average Bonchev–Trinajstić information content (AvgIpc) is 3.17. The van der Waals surface area contributed by atoms with Crippen molar-refractivity contribution in [3.05, 3.63) is 54.4 Å². The molecule has 1 aliphatic rings. The maximum atomic E-state index is 12.7. The highest BCUT2D eigenvalue weighted by atomic mass is 127. The van der Waals surface area contributed by atoms with Crippen LogP contribution in [0.25, 0.3) is 0 Å². The number of anilines is 1. The summed E-state index contributed by atoms with van der Waals surface area (Å²) in [5, 5.41) is 6.71. The summed E-state index contributed by atoms with van der Waals surface area (Å²) in [6.45, 7) is 2.03. The zero-order valence-corrected chi connectivity index (χ0v) is 19.3. The molecule has 2 heterocycles. The summed E-state index contributed by atoms with van der Waals surface area (Å²) in [5.41, 5.74) is 1.70. The van der Waals surface area contributed by atoms with Crippen molar-refractivity contribution in [3.8, 4) is 5.75 Å². The third-order valence-electron chi connectivity index (χ3n) is 4.66. The molecular weight excluding hydrogens is 503 g/mol. The number of aliphatic imine (C=N–C) groups is 1. The number of alkyl halides is 2. The molecule has 1 unspecified atom stereocenters. The molecule has 6 nitrogen and oxygen atoms in total. The Morgan fingerprint density at radius 3 is 2.80 bits per heavy atom.